The van der Waals surface area contributed by atoms with E-state index in [1.54, 1.807) is 0 Å². The van der Waals surface area contributed by atoms with Crippen LogP contribution in [0.5, 0.6) is 0 Å². The van der Waals surface area contributed by atoms with Crippen LogP contribution in [0.1, 0.15) is 18.4 Å². The molecule has 1 aliphatic rings. The van der Waals surface area contributed by atoms with Crippen molar-refractivity contribution in [2.24, 2.45) is 0 Å². The number of nitrogen functional groups attached to an aromatic ring is 1. The van der Waals surface area contributed by atoms with Gasteiger partial charge in [0.25, 0.3) is 0 Å². The van der Waals surface area contributed by atoms with Crippen LogP contribution in [0, 0.1) is 0 Å². The van der Waals surface area contributed by atoms with Crippen LogP contribution >= 0.6 is 0 Å². The number of benzene rings is 1. The summed E-state index contributed by atoms with van der Waals surface area (Å²) in [4.78, 5) is 16.5. The maximum atomic E-state index is 12.3. The number of nitrogens with zero attached hydrogens (tertiary/aromatic N) is 2. The molecular formula is C15H23N3O. The summed E-state index contributed by atoms with van der Waals surface area (Å²) in [5.41, 5.74) is 7.51. The Labute approximate surface area is 115 Å². The molecule has 1 heterocycles. The van der Waals surface area contributed by atoms with Gasteiger partial charge in [0, 0.05) is 25.3 Å². The molecular weight excluding hydrogens is 238 g/mol. The Kier molecular flexibility index (Phi) is 4.43. The largest absolute Gasteiger partial charge is 0.398 e. The van der Waals surface area contributed by atoms with Gasteiger partial charge in [0.15, 0.2) is 0 Å². The van der Waals surface area contributed by atoms with Gasteiger partial charge in [-0.05, 0) is 38.1 Å². The zero-order chi connectivity index (χ0) is 13.8. The minimum atomic E-state index is 0.151. The molecule has 4 heteroatoms. The number of amides is 1. The number of nitrogens with two attached hydrogens (primary N) is 1. The van der Waals surface area contributed by atoms with Crippen LogP contribution < -0.4 is 5.73 Å². The first-order valence-electron chi connectivity index (χ1n) is 6.85. The zero-order valence-electron chi connectivity index (χ0n) is 11.8. The van der Waals surface area contributed by atoms with Crippen molar-refractivity contribution in [3.63, 3.8) is 0 Å². The third-order valence-electron chi connectivity index (χ3n) is 3.94. The molecule has 1 unspecified atom stereocenters. The van der Waals surface area contributed by atoms with Gasteiger partial charge in [0.05, 0.1) is 6.42 Å². The molecule has 0 spiro atoms. The van der Waals surface area contributed by atoms with Crippen molar-refractivity contribution in [2.75, 3.05) is 32.9 Å². The molecule has 1 aromatic carbocycles. The molecule has 1 aliphatic heterocycles. The average molecular weight is 261 g/mol. The number of para-hydroxylation sites is 1. The molecule has 0 radical (unpaired) electrons. The van der Waals surface area contributed by atoms with Gasteiger partial charge in [0.1, 0.15) is 0 Å². The Bertz CT molecular complexity index is 447. The maximum absolute atomic E-state index is 12.3. The van der Waals surface area contributed by atoms with Crippen LogP contribution in [0.25, 0.3) is 0 Å². The smallest absolute Gasteiger partial charge is 0.227 e. The fraction of sp³-hybridized carbons (Fsp3) is 0.533. The number of likely N-dealkylation sites (tertiary alicyclic amines) is 1. The van der Waals surface area contributed by atoms with Crippen molar-refractivity contribution >= 4 is 11.6 Å². The summed E-state index contributed by atoms with van der Waals surface area (Å²) in [5, 5.41) is 0. The van der Waals surface area contributed by atoms with E-state index in [0.717, 1.165) is 31.5 Å². The molecule has 0 bridgehead atoms. The van der Waals surface area contributed by atoms with Gasteiger partial charge >= 0.3 is 0 Å². The highest BCUT2D eigenvalue weighted by Gasteiger charge is 2.24. The van der Waals surface area contributed by atoms with Gasteiger partial charge in [-0.1, -0.05) is 18.2 Å². The monoisotopic (exact) mass is 261 g/mol. The second-order valence-electron chi connectivity index (χ2n) is 5.44. The summed E-state index contributed by atoms with van der Waals surface area (Å²) in [5.74, 6) is 0.151. The number of hydrogen-bond acceptors (Lipinski definition) is 3. The Balaban J connectivity index is 1.97. The Morgan fingerprint density at radius 2 is 2.21 bits per heavy atom. The molecule has 19 heavy (non-hydrogen) atoms. The highest BCUT2D eigenvalue weighted by molar-refractivity contribution is 5.80. The van der Waals surface area contributed by atoms with E-state index in [1.807, 2.05) is 36.2 Å². The molecule has 104 valence electrons. The van der Waals surface area contributed by atoms with Crippen molar-refractivity contribution in [1.82, 2.24) is 9.80 Å². The van der Waals surface area contributed by atoms with Crippen LogP contribution in [0.2, 0.25) is 0 Å². The summed E-state index contributed by atoms with van der Waals surface area (Å²) in [6.45, 7) is 2.09. The van der Waals surface area contributed by atoms with Crippen LogP contribution in [-0.2, 0) is 11.2 Å². The Hall–Kier alpha value is -1.55. The fourth-order valence-corrected chi connectivity index (χ4v) is 2.64. The predicted molar refractivity (Wildman–Crippen MR) is 77.8 cm³/mol. The second kappa shape index (κ2) is 6.06. The molecule has 1 aromatic rings. The zero-order valence-corrected chi connectivity index (χ0v) is 11.8. The molecule has 2 rings (SSSR count). The van der Waals surface area contributed by atoms with Crippen molar-refractivity contribution in [3.05, 3.63) is 29.8 Å². The standard InChI is InChI=1S/C15H23N3O/c1-17-9-5-7-13(11-17)18(2)15(19)10-12-6-3-4-8-14(12)16/h3-4,6,8,13H,5,7,9-11,16H2,1-2H3. The normalized spacial score (nSPS) is 20.2. The molecule has 1 amide bonds. The highest BCUT2D eigenvalue weighted by Crippen LogP contribution is 2.16. The van der Waals surface area contributed by atoms with Gasteiger partial charge in [-0.3, -0.25) is 4.79 Å². The van der Waals surface area contributed by atoms with Crippen molar-refractivity contribution < 1.29 is 4.79 Å². The highest BCUT2D eigenvalue weighted by atomic mass is 16.2. The third-order valence-corrected chi connectivity index (χ3v) is 3.94. The second-order valence-corrected chi connectivity index (χ2v) is 5.44. The number of carbonyl (C=O) groups is 1. The Morgan fingerprint density at radius 1 is 1.47 bits per heavy atom. The predicted octanol–water partition coefficient (Wildman–Crippen LogP) is 1.36. The minimum Gasteiger partial charge on any atom is -0.398 e. The lowest BCUT2D eigenvalue weighted by Gasteiger charge is -2.36. The molecule has 1 fully saturated rings. The van der Waals surface area contributed by atoms with Gasteiger partial charge in [0.2, 0.25) is 5.91 Å². The van der Waals surface area contributed by atoms with Crippen molar-refractivity contribution in [1.29, 1.82) is 0 Å². The van der Waals surface area contributed by atoms with E-state index < -0.39 is 0 Å². The molecule has 0 aliphatic carbocycles. The van der Waals surface area contributed by atoms with Gasteiger partial charge in [-0.15, -0.1) is 0 Å². The van der Waals surface area contributed by atoms with E-state index >= 15 is 0 Å². The summed E-state index contributed by atoms with van der Waals surface area (Å²) in [6.07, 6.45) is 2.65. The summed E-state index contributed by atoms with van der Waals surface area (Å²) in [6, 6.07) is 7.91. The maximum Gasteiger partial charge on any atom is 0.227 e. The molecule has 4 nitrogen and oxygen atoms in total. The molecule has 0 aromatic heterocycles. The van der Waals surface area contributed by atoms with Crippen molar-refractivity contribution in [3.8, 4) is 0 Å². The van der Waals surface area contributed by atoms with E-state index in [1.165, 1.54) is 0 Å². The summed E-state index contributed by atoms with van der Waals surface area (Å²) < 4.78 is 0. The summed E-state index contributed by atoms with van der Waals surface area (Å²) in [7, 11) is 4.02. The SMILES string of the molecule is CN1CCCC(N(C)C(=O)Cc2ccccc2N)C1. The van der Waals surface area contributed by atoms with E-state index in [2.05, 4.69) is 11.9 Å². The Morgan fingerprint density at radius 3 is 2.89 bits per heavy atom. The average Bonchev–Trinajstić information content (AvgIpc) is 2.40. The van der Waals surface area contributed by atoms with Crippen LogP contribution in [0.3, 0.4) is 0 Å². The molecule has 2 N–H and O–H groups in total. The number of anilines is 1. The number of piperidine rings is 1. The minimum absolute atomic E-state index is 0.151. The quantitative estimate of drug-likeness (QED) is 0.836. The third kappa shape index (κ3) is 3.47. The number of hydrogen-bond donors (Lipinski definition) is 1. The van der Waals surface area contributed by atoms with E-state index in [4.69, 9.17) is 5.73 Å². The van der Waals surface area contributed by atoms with Gasteiger partial charge in [-0.25, -0.2) is 0 Å². The lowest BCUT2D eigenvalue weighted by Crippen LogP contribution is -2.47. The number of rotatable bonds is 3. The van der Waals surface area contributed by atoms with Crippen LogP contribution in [0.15, 0.2) is 24.3 Å². The van der Waals surface area contributed by atoms with Crippen LogP contribution in [0.4, 0.5) is 5.69 Å². The van der Waals surface area contributed by atoms with E-state index in [0.29, 0.717) is 18.2 Å². The lowest BCUT2D eigenvalue weighted by molar-refractivity contribution is -0.132. The fourth-order valence-electron chi connectivity index (χ4n) is 2.64. The first kappa shape index (κ1) is 13.9. The first-order chi connectivity index (χ1) is 9.08. The molecule has 1 saturated heterocycles. The van der Waals surface area contributed by atoms with Gasteiger partial charge in [-0.2, -0.15) is 0 Å². The molecule has 0 saturated carbocycles. The lowest BCUT2D eigenvalue weighted by atomic mass is 10.0. The number of likely N-dealkylation sites (N-methyl/N-ethyl adjacent to an activating group) is 2. The van der Waals surface area contributed by atoms with E-state index in [9.17, 15) is 4.79 Å². The van der Waals surface area contributed by atoms with E-state index in [-0.39, 0.29) is 5.91 Å². The first-order valence-corrected chi connectivity index (χ1v) is 6.85. The topological polar surface area (TPSA) is 49.6 Å². The molecule has 1 atom stereocenters. The number of carbonyl (C=O) groups excluding carboxylic acids is 1. The van der Waals surface area contributed by atoms with Crippen molar-refractivity contribution in [2.45, 2.75) is 25.3 Å². The van der Waals surface area contributed by atoms with Crippen LogP contribution in [-0.4, -0.2) is 48.9 Å². The van der Waals surface area contributed by atoms with Gasteiger partial charge < -0.3 is 15.5 Å². The summed E-state index contributed by atoms with van der Waals surface area (Å²) >= 11 is 0.